The molecular formula is C20H23N7O. The summed E-state index contributed by atoms with van der Waals surface area (Å²) in [5, 5.41) is 7.09. The van der Waals surface area contributed by atoms with Crippen molar-refractivity contribution >= 4 is 34.4 Å². The van der Waals surface area contributed by atoms with E-state index in [1.807, 2.05) is 23.2 Å². The number of carbonyl (C=O) groups excluding carboxylic acids is 1. The molecule has 0 aromatic carbocycles. The summed E-state index contributed by atoms with van der Waals surface area (Å²) >= 11 is 0. The summed E-state index contributed by atoms with van der Waals surface area (Å²) in [5.41, 5.74) is 1.91. The van der Waals surface area contributed by atoms with E-state index in [4.69, 9.17) is 4.98 Å². The van der Waals surface area contributed by atoms with Crippen molar-refractivity contribution < 1.29 is 4.79 Å². The maximum atomic E-state index is 11.6. The number of carbonyl (C=O) groups is 1. The first-order valence-electron chi connectivity index (χ1n) is 9.84. The van der Waals surface area contributed by atoms with Gasteiger partial charge in [0.1, 0.15) is 11.5 Å². The van der Waals surface area contributed by atoms with Gasteiger partial charge in [0, 0.05) is 36.9 Å². The van der Waals surface area contributed by atoms with Crippen molar-refractivity contribution in [2.75, 3.05) is 29.9 Å². The summed E-state index contributed by atoms with van der Waals surface area (Å²) in [7, 11) is 0. The van der Waals surface area contributed by atoms with Crippen LogP contribution < -0.4 is 15.5 Å². The number of pyridine rings is 1. The number of anilines is 3. The van der Waals surface area contributed by atoms with Gasteiger partial charge in [-0.1, -0.05) is 12.8 Å². The summed E-state index contributed by atoms with van der Waals surface area (Å²) in [6.45, 7) is 1.82. The molecule has 1 saturated heterocycles. The number of hydrogen-bond donors (Lipinski definition) is 2. The summed E-state index contributed by atoms with van der Waals surface area (Å²) in [4.78, 5) is 27.2. The molecule has 3 aromatic heterocycles. The van der Waals surface area contributed by atoms with Gasteiger partial charge in [0.25, 0.3) is 0 Å². The van der Waals surface area contributed by atoms with Crippen molar-refractivity contribution in [1.29, 1.82) is 0 Å². The summed E-state index contributed by atoms with van der Waals surface area (Å²) in [6.07, 6.45) is 10.8. The van der Waals surface area contributed by atoms with Gasteiger partial charge in [-0.2, -0.15) is 4.98 Å². The Bertz CT molecular complexity index is 991. The minimum absolute atomic E-state index is 0.0421. The molecule has 2 N–H and O–H groups in total. The molecule has 0 atom stereocenters. The second kappa shape index (κ2) is 7.10. The van der Waals surface area contributed by atoms with Gasteiger partial charge in [-0.3, -0.25) is 4.79 Å². The molecular weight excluding hydrogens is 354 g/mol. The number of aromatic nitrogens is 4. The van der Waals surface area contributed by atoms with Crippen LogP contribution in [0.25, 0.3) is 11.0 Å². The van der Waals surface area contributed by atoms with Crippen LogP contribution >= 0.6 is 0 Å². The Labute approximate surface area is 163 Å². The van der Waals surface area contributed by atoms with Gasteiger partial charge in [-0.25, -0.2) is 9.97 Å². The van der Waals surface area contributed by atoms with Gasteiger partial charge in [0.2, 0.25) is 11.9 Å². The number of nitrogens with zero attached hydrogens (tertiary/aromatic N) is 5. The molecule has 4 heterocycles. The third-order valence-electron chi connectivity index (χ3n) is 5.56. The van der Waals surface area contributed by atoms with Gasteiger partial charge < -0.3 is 20.1 Å². The summed E-state index contributed by atoms with van der Waals surface area (Å²) in [6, 6.07) is 6.48. The van der Waals surface area contributed by atoms with E-state index in [2.05, 4.69) is 37.4 Å². The van der Waals surface area contributed by atoms with E-state index < -0.39 is 0 Å². The topological polar surface area (TPSA) is 88.0 Å². The molecule has 0 radical (unpaired) electrons. The Balaban J connectivity index is 1.34. The van der Waals surface area contributed by atoms with Crippen LogP contribution in [0.3, 0.4) is 0 Å². The van der Waals surface area contributed by atoms with Crippen LogP contribution in [0.4, 0.5) is 17.5 Å². The van der Waals surface area contributed by atoms with Crippen LogP contribution in [0.5, 0.6) is 0 Å². The van der Waals surface area contributed by atoms with Crippen LogP contribution in [0, 0.1) is 0 Å². The molecule has 8 heteroatoms. The molecule has 0 bridgehead atoms. The monoisotopic (exact) mass is 377 g/mol. The lowest BCUT2D eigenvalue weighted by Crippen LogP contribution is -2.47. The Morgan fingerprint density at radius 2 is 2.00 bits per heavy atom. The minimum Gasteiger partial charge on any atom is -0.359 e. The number of hydrogen-bond acceptors (Lipinski definition) is 6. The van der Waals surface area contributed by atoms with E-state index in [9.17, 15) is 4.79 Å². The third kappa shape index (κ3) is 3.26. The fraction of sp³-hybridized carbons (Fsp3) is 0.400. The number of amides is 1. The van der Waals surface area contributed by atoms with Crippen LogP contribution in [0.1, 0.15) is 31.7 Å². The lowest BCUT2D eigenvalue weighted by molar-refractivity contribution is -0.120. The fourth-order valence-electron chi connectivity index (χ4n) is 4.10. The highest BCUT2D eigenvalue weighted by Crippen LogP contribution is 2.32. The van der Waals surface area contributed by atoms with Crippen molar-refractivity contribution in [3.05, 3.63) is 36.8 Å². The van der Waals surface area contributed by atoms with Crippen LogP contribution in [-0.2, 0) is 4.79 Å². The summed E-state index contributed by atoms with van der Waals surface area (Å²) in [5.74, 6) is 1.27. The molecule has 1 saturated carbocycles. The molecule has 5 rings (SSSR count). The largest absolute Gasteiger partial charge is 0.359 e. The maximum Gasteiger partial charge on any atom is 0.239 e. The maximum absolute atomic E-state index is 11.6. The highest BCUT2D eigenvalue weighted by Gasteiger charge is 2.19. The van der Waals surface area contributed by atoms with Gasteiger partial charge in [-0.15, -0.1) is 0 Å². The van der Waals surface area contributed by atoms with E-state index in [0.29, 0.717) is 30.9 Å². The van der Waals surface area contributed by atoms with Gasteiger partial charge in [0.15, 0.2) is 0 Å². The Hall–Kier alpha value is -3.16. The molecule has 0 unspecified atom stereocenters. The number of nitrogens with one attached hydrogen (secondary N) is 2. The van der Waals surface area contributed by atoms with E-state index in [1.165, 1.54) is 25.7 Å². The van der Waals surface area contributed by atoms with Crippen LogP contribution in [0.15, 0.2) is 36.8 Å². The van der Waals surface area contributed by atoms with Crippen molar-refractivity contribution in [1.82, 2.24) is 24.8 Å². The fourth-order valence-corrected chi connectivity index (χ4v) is 4.10. The Kier molecular flexibility index (Phi) is 4.31. The van der Waals surface area contributed by atoms with Gasteiger partial charge >= 0.3 is 0 Å². The first kappa shape index (κ1) is 17.0. The second-order valence-corrected chi connectivity index (χ2v) is 7.43. The average Bonchev–Trinajstić information content (AvgIpc) is 3.38. The van der Waals surface area contributed by atoms with E-state index in [0.717, 1.165) is 23.3 Å². The van der Waals surface area contributed by atoms with Crippen LogP contribution in [0.2, 0.25) is 0 Å². The van der Waals surface area contributed by atoms with Crippen molar-refractivity contribution in [2.45, 2.75) is 31.7 Å². The zero-order valence-electron chi connectivity index (χ0n) is 15.6. The normalized spacial score (nSPS) is 17.9. The lowest BCUT2D eigenvalue weighted by atomic mass is 10.2. The van der Waals surface area contributed by atoms with Crippen molar-refractivity contribution in [3.63, 3.8) is 0 Å². The highest BCUT2D eigenvalue weighted by atomic mass is 16.2. The van der Waals surface area contributed by atoms with Crippen molar-refractivity contribution in [3.8, 4) is 0 Å². The Morgan fingerprint density at radius 1 is 1.11 bits per heavy atom. The first-order valence-corrected chi connectivity index (χ1v) is 9.84. The first-order chi connectivity index (χ1) is 13.8. The SMILES string of the molecule is O=C1CN(c2ccc(Nc3ncc4ccn(C5CCCC5)c4n3)nc2)CCN1. The smallest absolute Gasteiger partial charge is 0.239 e. The standard InChI is InChI=1S/C20H23N7O/c28-18-13-26(10-8-21-18)16-5-6-17(22-12-16)24-20-23-11-14-7-9-27(19(14)25-20)15-3-1-2-4-15/h5-7,9,11-12,15H,1-4,8,10,13H2,(H,21,28)(H,22,23,24,25). The predicted octanol–water partition coefficient (Wildman–Crippen LogP) is 2.62. The van der Waals surface area contributed by atoms with Crippen molar-refractivity contribution in [2.24, 2.45) is 0 Å². The molecule has 2 fully saturated rings. The number of rotatable bonds is 4. The van der Waals surface area contributed by atoms with Crippen LogP contribution in [-0.4, -0.2) is 45.1 Å². The molecule has 28 heavy (non-hydrogen) atoms. The van der Waals surface area contributed by atoms with Gasteiger partial charge in [0.05, 0.1) is 18.4 Å². The van der Waals surface area contributed by atoms with E-state index in [1.54, 1.807) is 6.20 Å². The third-order valence-corrected chi connectivity index (χ3v) is 5.56. The molecule has 1 aliphatic carbocycles. The molecule has 2 aliphatic rings. The van der Waals surface area contributed by atoms with Gasteiger partial charge in [-0.05, 0) is 31.0 Å². The number of fused-ring (bicyclic) bond motifs is 1. The molecule has 144 valence electrons. The number of piperazine rings is 1. The molecule has 0 spiro atoms. The molecule has 8 nitrogen and oxygen atoms in total. The van der Waals surface area contributed by atoms with E-state index >= 15 is 0 Å². The summed E-state index contributed by atoms with van der Waals surface area (Å²) < 4.78 is 2.28. The lowest BCUT2D eigenvalue weighted by Gasteiger charge is -2.28. The Morgan fingerprint density at radius 3 is 2.79 bits per heavy atom. The zero-order chi connectivity index (χ0) is 18.9. The highest BCUT2D eigenvalue weighted by molar-refractivity contribution is 5.82. The quantitative estimate of drug-likeness (QED) is 0.727. The average molecular weight is 377 g/mol. The molecule has 1 amide bonds. The van der Waals surface area contributed by atoms with E-state index in [-0.39, 0.29) is 5.91 Å². The second-order valence-electron chi connectivity index (χ2n) is 7.43. The minimum atomic E-state index is 0.0421. The predicted molar refractivity (Wildman–Crippen MR) is 108 cm³/mol. The molecule has 1 aliphatic heterocycles. The zero-order valence-corrected chi connectivity index (χ0v) is 15.6. The molecule has 3 aromatic rings.